The van der Waals surface area contributed by atoms with Crippen LogP contribution in [0.1, 0.15) is 5.56 Å². The lowest BCUT2D eigenvalue weighted by atomic mass is 10.2. The van der Waals surface area contributed by atoms with Gasteiger partial charge >= 0.3 is 6.03 Å². The van der Waals surface area contributed by atoms with Crippen molar-refractivity contribution >= 4 is 24.1 Å². The highest BCUT2D eigenvalue weighted by atomic mass is 35.5. The highest BCUT2D eigenvalue weighted by Gasteiger charge is 2.13. The zero-order valence-corrected chi connectivity index (χ0v) is 11.2. The molecule has 0 saturated carbocycles. The highest BCUT2D eigenvalue weighted by molar-refractivity contribution is 5.90. The number of carbonyl (C=O) groups excluding carboxylic acids is 1. The van der Waals surface area contributed by atoms with E-state index in [1.165, 1.54) is 41.3 Å². The van der Waals surface area contributed by atoms with E-state index >= 15 is 0 Å². The molecule has 2 amide bonds. The van der Waals surface area contributed by atoms with Crippen molar-refractivity contribution in [3.63, 3.8) is 0 Å². The number of urea groups is 1. The van der Waals surface area contributed by atoms with Gasteiger partial charge in [0.25, 0.3) is 0 Å². The molecule has 0 bridgehead atoms. The molecule has 106 valence electrons. The van der Waals surface area contributed by atoms with Crippen LogP contribution in [0.3, 0.4) is 0 Å². The van der Waals surface area contributed by atoms with Crippen molar-refractivity contribution in [1.82, 2.24) is 0 Å². The van der Waals surface area contributed by atoms with Crippen molar-refractivity contribution in [2.75, 3.05) is 4.90 Å². The predicted molar refractivity (Wildman–Crippen MR) is 75.8 cm³/mol. The summed E-state index contributed by atoms with van der Waals surface area (Å²) in [6.07, 6.45) is 0. The van der Waals surface area contributed by atoms with Gasteiger partial charge in [0.05, 0.1) is 6.54 Å². The van der Waals surface area contributed by atoms with E-state index in [9.17, 15) is 13.6 Å². The molecule has 0 saturated heterocycles. The summed E-state index contributed by atoms with van der Waals surface area (Å²) in [5.41, 5.74) is 6.18. The first-order valence-corrected chi connectivity index (χ1v) is 5.63. The second-order valence-electron chi connectivity index (χ2n) is 4.03. The molecule has 0 radical (unpaired) electrons. The maximum atomic E-state index is 13.2. The molecule has 0 aliphatic carbocycles. The van der Waals surface area contributed by atoms with E-state index in [1.807, 2.05) is 0 Å². The first kappa shape index (κ1) is 15.9. The van der Waals surface area contributed by atoms with Crippen LogP contribution < -0.4 is 10.6 Å². The molecule has 3 nitrogen and oxygen atoms in total. The van der Waals surface area contributed by atoms with Crippen molar-refractivity contribution in [3.8, 4) is 0 Å². The van der Waals surface area contributed by atoms with Gasteiger partial charge in [-0.2, -0.15) is 0 Å². The number of halogens is 3. The fraction of sp³-hybridized carbons (Fsp3) is 0.0714. The van der Waals surface area contributed by atoms with Crippen molar-refractivity contribution < 1.29 is 13.6 Å². The normalized spacial score (nSPS) is 9.70. The fourth-order valence-corrected chi connectivity index (χ4v) is 1.76. The van der Waals surface area contributed by atoms with E-state index in [0.717, 1.165) is 0 Å². The summed E-state index contributed by atoms with van der Waals surface area (Å²) in [4.78, 5) is 12.6. The average molecular weight is 299 g/mol. The number of amides is 2. The maximum Gasteiger partial charge on any atom is 0.319 e. The molecule has 2 N–H and O–H groups in total. The zero-order valence-electron chi connectivity index (χ0n) is 10.4. The Kier molecular flexibility index (Phi) is 5.46. The Balaban J connectivity index is 0.00000200. The molecule has 0 aromatic heterocycles. The summed E-state index contributed by atoms with van der Waals surface area (Å²) >= 11 is 0. The third-order valence-corrected chi connectivity index (χ3v) is 2.62. The number of carbonyl (C=O) groups is 1. The van der Waals surface area contributed by atoms with Crippen molar-refractivity contribution in [2.24, 2.45) is 5.73 Å². The number of hydrogen-bond donors (Lipinski definition) is 1. The molecular formula is C14H13ClF2N2O. The molecule has 0 fully saturated rings. The Hall–Kier alpha value is -2.14. The molecule has 0 aliphatic heterocycles. The summed E-state index contributed by atoms with van der Waals surface area (Å²) in [5.74, 6) is -0.871. The number of anilines is 1. The predicted octanol–water partition coefficient (Wildman–Crippen LogP) is 3.47. The van der Waals surface area contributed by atoms with Crippen molar-refractivity contribution in [1.29, 1.82) is 0 Å². The van der Waals surface area contributed by atoms with E-state index in [-0.39, 0.29) is 19.0 Å². The molecule has 2 aromatic rings. The van der Waals surface area contributed by atoms with Gasteiger partial charge in [-0.05, 0) is 35.9 Å². The zero-order chi connectivity index (χ0) is 13.8. The van der Waals surface area contributed by atoms with Crippen LogP contribution in [-0.4, -0.2) is 6.03 Å². The van der Waals surface area contributed by atoms with Crippen LogP contribution in [-0.2, 0) is 6.54 Å². The summed E-state index contributed by atoms with van der Waals surface area (Å²) < 4.78 is 26.2. The topological polar surface area (TPSA) is 46.3 Å². The lowest BCUT2D eigenvalue weighted by molar-refractivity contribution is 0.253. The fourth-order valence-electron chi connectivity index (χ4n) is 1.76. The van der Waals surface area contributed by atoms with E-state index in [1.54, 1.807) is 12.1 Å². The Morgan fingerprint density at radius 1 is 1.05 bits per heavy atom. The van der Waals surface area contributed by atoms with Gasteiger partial charge in [-0.25, -0.2) is 13.6 Å². The largest absolute Gasteiger partial charge is 0.351 e. The average Bonchev–Trinajstić information content (AvgIpc) is 2.35. The Morgan fingerprint density at radius 2 is 1.65 bits per heavy atom. The minimum atomic E-state index is -0.727. The van der Waals surface area contributed by atoms with E-state index in [2.05, 4.69) is 0 Å². The molecule has 6 heteroatoms. The first-order chi connectivity index (χ1) is 9.06. The van der Waals surface area contributed by atoms with Crippen LogP contribution in [0, 0.1) is 11.6 Å². The smallest absolute Gasteiger partial charge is 0.319 e. The van der Waals surface area contributed by atoms with Crippen LogP contribution in [0.4, 0.5) is 19.3 Å². The third-order valence-electron chi connectivity index (χ3n) is 2.62. The van der Waals surface area contributed by atoms with Crippen LogP contribution >= 0.6 is 12.4 Å². The van der Waals surface area contributed by atoms with Gasteiger partial charge in [0, 0.05) is 5.69 Å². The number of benzene rings is 2. The maximum absolute atomic E-state index is 13.2. The number of nitrogens with two attached hydrogens (primary N) is 1. The summed E-state index contributed by atoms with van der Waals surface area (Å²) in [6, 6.07) is 10.6. The Bertz CT molecular complexity index is 607. The summed E-state index contributed by atoms with van der Waals surface area (Å²) in [5, 5.41) is 0. The van der Waals surface area contributed by atoms with Gasteiger partial charge in [0.2, 0.25) is 0 Å². The Labute approximate surface area is 121 Å². The van der Waals surface area contributed by atoms with Gasteiger partial charge in [-0.1, -0.05) is 18.2 Å². The van der Waals surface area contributed by atoms with Crippen molar-refractivity contribution in [3.05, 3.63) is 65.7 Å². The SMILES string of the molecule is Cl.NC(=O)N(Cc1cccc(F)c1)c1cccc(F)c1. The molecular weight excluding hydrogens is 286 g/mol. The molecule has 0 spiro atoms. The highest BCUT2D eigenvalue weighted by Crippen LogP contribution is 2.18. The van der Waals surface area contributed by atoms with Crippen LogP contribution in [0.25, 0.3) is 0 Å². The van der Waals surface area contributed by atoms with Crippen LogP contribution in [0.5, 0.6) is 0 Å². The molecule has 0 heterocycles. The first-order valence-electron chi connectivity index (χ1n) is 5.63. The molecule has 20 heavy (non-hydrogen) atoms. The van der Waals surface area contributed by atoms with E-state index in [0.29, 0.717) is 11.3 Å². The lowest BCUT2D eigenvalue weighted by Gasteiger charge is -2.20. The van der Waals surface area contributed by atoms with Gasteiger partial charge in [0.1, 0.15) is 11.6 Å². The molecule has 0 atom stereocenters. The lowest BCUT2D eigenvalue weighted by Crippen LogP contribution is -2.35. The van der Waals surface area contributed by atoms with Gasteiger partial charge in [0.15, 0.2) is 0 Å². The second-order valence-corrected chi connectivity index (χ2v) is 4.03. The second kappa shape index (κ2) is 6.86. The van der Waals surface area contributed by atoms with E-state index < -0.39 is 17.7 Å². The quantitative estimate of drug-likeness (QED) is 0.926. The van der Waals surface area contributed by atoms with Crippen LogP contribution in [0.2, 0.25) is 0 Å². The van der Waals surface area contributed by atoms with Crippen molar-refractivity contribution in [2.45, 2.75) is 6.54 Å². The third kappa shape index (κ3) is 3.93. The molecule has 2 aromatic carbocycles. The summed E-state index contributed by atoms with van der Waals surface area (Å²) in [6.45, 7) is 0.0799. The minimum absolute atomic E-state index is 0. The number of nitrogens with zero attached hydrogens (tertiary/aromatic N) is 1. The summed E-state index contributed by atoms with van der Waals surface area (Å²) in [7, 11) is 0. The molecule has 0 unspecified atom stereocenters. The monoisotopic (exact) mass is 298 g/mol. The van der Waals surface area contributed by atoms with E-state index in [4.69, 9.17) is 5.73 Å². The molecule has 2 rings (SSSR count). The number of rotatable bonds is 3. The standard InChI is InChI=1S/C14H12F2N2O.ClH/c15-11-4-1-3-10(7-11)9-18(14(17)19)13-6-2-5-12(16)8-13;/h1-8H,9H2,(H2,17,19);1H. The number of hydrogen-bond acceptors (Lipinski definition) is 1. The van der Waals surface area contributed by atoms with Gasteiger partial charge in [-0.3, -0.25) is 4.90 Å². The Morgan fingerprint density at radius 3 is 2.20 bits per heavy atom. The number of primary amides is 1. The van der Waals surface area contributed by atoms with Gasteiger partial charge in [-0.15, -0.1) is 12.4 Å². The minimum Gasteiger partial charge on any atom is -0.351 e. The molecule has 0 aliphatic rings. The van der Waals surface area contributed by atoms with Gasteiger partial charge < -0.3 is 5.73 Å². The van der Waals surface area contributed by atoms with Crippen LogP contribution in [0.15, 0.2) is 48.5 Å².